The molecule has 1 N–H and O–H groups in total. The highest BCUT2D eigenvalue weighted by Crippen LogP contribution is 2.15. The summed E-state index contributed by atoms with van der Waals surface area (Å²) >= 11 is 6.11. The molecular formula is C13H16ClN3. The summed E-state index contributed by atoms with van der Waals surface area (Å²) in [5, 5.41) is 8.52. The second-order valence-electron chi connectivity index (χ2n) is 3.88. The quantitative estimate of drug-likeness (QED) is 0.883. The first-order valence-electron chi connectivity index (χ1n) is 5.76. The number of hydrogen-bond acceptors (Lipinski definition) is 2. The van der Waals surface area contributed by atoms with Gasteiger partial charge in [0.25, 0.3) is 0 Å². The Bertz CT molecular complexity index is 479. The molecule has 0 bridgehead atoms. The first-order valence-corrected chi connectivity index (χ1v) is 6.14. The molecule has 0 unspecified atom stereocenters. The van der Waals surface area contributed by atoms with Crippen molar-refractivity contribution < 1.29 is 0 Å². The van der Waals surface area contributed by atoms with Gasteiger partial charge in [0.1, 0.15) is 0 Å². The van der Waals surface area contributed by atoms with E-state index in [9.17, 15) is 0 Å². The molecule has 0 aliphatic carbocycles. The molecule has 17 heavy (non-hydrogen) atoms. The van der Waals surface area contributed by atoms with E-state index in [4.69, 9.17) is 11.6 Å². The van der Waals surface area contributed by atoms with Crippen molar-refractivity contribution in [2.24, 2.45) is 0 Å². The third-order valence-corrected chi connectivity index (χ3v) is 2.91. The highest BCUT2D eigenvalue weighted by Gasteiger charge is 2.02. The Morgan fingerprint density at radius 1 is 1.29 bits per heavy atom. The lowest BCUT2D eigenvalue weighted by atomic mass is 10.2. The molecule has 0 aliphatic rings. The predicted molar refractivity (Wildman–Crippen MR) is 70.2 cm³/mol. The van der Waals surface area contributed by atoms with E-state index in [0.29, 0.717) is 6.54 Å². The van der Waals surface area contributed by atoms with E-state index in [1.54, 1.807) is 0 Å². The van der Waals surface area contributed by atoms with Gasteiger partial charge in [0.2, 0.25) is 0 Å². The van der Waals surface area contributed by atoms with E-state index in [2.05, 4.69) is 17.3 Å². The van der Waals surface area contributed by atoms with Crippen LogP contribution in [0.1, 0.15) is 18.2 Å². The van der Waals surface area contributed by atoms with E-state index in [-0.39, 0.29) is 0 Å². The minimum absolute atomic E-state index is 0.714. The molecule has 0 saturated carbocycles. The summed E-state index contributed by atoms with van der Waals surface area (Å²) < 4.78 is 1.91. The largest absolute Gasteiger partial charge is 0.311 e. The van der Waals surface area contributed by atoms with Gasteiger partial charge in [0.05, 0.1) is 12.2 Å². The van der Waals surface area contributed by atoms with Crippen molar-refractivity contribution in [3.05, 3.63) is 52.8 Å². The van der Waals surface area contributed by atoms with Gasteiger partial charge in [-0.15, -0.1) is 0 Å². The fourth-order valence-electron chi connectivity index (χ4n) is 1.64. The molecule has 0 aliphatic heterocycles. The summed E-state index contributed by atoms with van der Waals surface area (Å²) in [7, 11) is 0. The van der Waals surface area contributed by atoms with Crippen molar-refractivity contribution >= 4 is 11.6 Å². The van der Waals surface area contributed by atoms with E-state index in [1.807, 2.05) is 41.2 Å². The maximum atomic E-state index is 6.11. The topological polar surface area (TPSA) is 29.9 Å². The Balaban J connectivity index is 2.04. The summed E-state index contributed by atoms with van der Waals surface area (Å²) in [5.41, 5.74) is 2.14. The van der Waals surface area contributed by atoms with Crippen LogP contribution >= 0.6 is 11.6 Å². The van der Waals surface area contributed by atoms with Crippen LogP contribution in [0.5, 0.6) is 0 Å². The zero-order chi connectivity index (χ0) is 12.1. The van der Waals surface area contributed by atoms with Crippen molar-refractivity contribution in [3.8, 4) is 0 Å². The Morgan fingerprint density at radius 2 is 2.12 bits per heavy atom. The number of benzene rings is 1. The molecule has 1 heterocycles. The van der Waals surface area contributed by atoms with E-state index in [1.165, 1.54) is 0 Å². The zero-order valence-corrected chi connectivity index (χ0v) is 10.6. The molecule has 3 nitrogen and oxygen atoms in total. The smallest absolute Gasteiger partial charge is 0.0762 e. The van der Waals surface area contributed by atoms with Gasteiger partial charge >= 0.3 is 0 Å². The van der Waals surface area contributed by atoms with E-state index < -0.39 is 0 Å². The number of rotatable bonds is 5. The molecule has 1 aromatic carbocycles. The molecule has 0 spiro atoms. The van der Waals surface area contributed by atoms with Crippen LogP contribution in [0, 0.1) is 0 Å². The molecular weight excluding hydrogens is 234 g/mol. The monoisotopic (exact) mass is 249 g/mol. The van der Waals surface area contributed by atoms with Crippen LogP contribution in [0.2, 0.25) is 5.02 Å². The molecule has 0 amide bonds. The molecule has 90 valence electrons. The number of hydrogen-bond donors (Lipinski definition) is 1. The second kappa shape index (κ2) is 5.84. The second-order valence-corrected chi connectivity index (χ2v) is 4.28. The first-order chi connectivity index (χ1) is 8.29. The summed E-state index contributed by atoms with van der Waals surface area (Å²) in [6.07, 6.45) is 1.98. The highest BCUT2D eigenvalue weighted by molar-refractivity contribution is 6.31. The van der Waals surface area contributed by atoms with Crippen LogP contribution in [-0.2, 0) is 13.1 Å². The lowest BCUT2D eigenvalue weighted by Crippen LogP contribution is -2.12. The van der Waals surface area contributed by atoms with Crippen LogP contribution < -0.4 is 5.32 Å². The number of nitrogens with zero attached hydrogens (tertiary/aromatic N) is 2. The molecule has 4 heteroatoms. The molecule has 2 rings (SSSR count). The molecule has 0 radical (unpaired) electrons. The average Bonchev–Trinajstić information content (AvgIpc) is 2.77. The SMILES string of the molecule is CCNCc1ccn(Cc2ccccc2Cl)n1. The molecule has 1 aromatic heterocycles. The normalized spacial score (nSPS) is 10.7. The van der Waals surface area contributed by atoms with Gasteiger partial charge < -0.3 is 5.32 Å². The van der Waals surface area contributed by atoms with Crippen LogP contribution in [0.15, 0.2) is 36.5 Å². The van der Waals surface area contributed by atoms with Gasteiger partial charge in [-0.05, 0) is 24.2 Å². The third kappa shape index (κ3) is 3.32. The maximum Gasteiger partial charge on any atom is 0.0762 e. The van der Waals surface area contributed by atoms with Gasteiger partial charge in [-0.3, -0.25) is 4.68 Å². The van der Waals surface area contributed by atoms with E-state index >= 15 is 0 Å². The fourth-order valence-corrected chi connectivity index (χ4v) is 1.84. The third-order valence-electron chi connectivity index (χ3n) is 2.54. The maximum absolute atomic E-state index is 6.11. The summed E-state index contributed by atoms with van der Waals surface area (Å²) in [6, 6.07) is 9.88. The van der Waals surface area contributed by atoms with Crippen molar-refractivity contribution in [2.45, 2.75) is 20.0 Å². The minimum atomic E-state index is 0.714. The van der Waals surface area contributed by atoms with Crippen molar-refractivity contribution in [2.75, 3.05) is 6.54 Å². The van der Waals surface area contributed by atoms with Gasteiger partial charge in [-0.25, -0.2) is 0 Å². The predicted octanol–water partition coefficient (Wildman–Crippen LogP) is 2.69. The Hall–Kier alpha value is -1.32. The molecule has 0 atom stereocenters. The molecule has 2 aromatic rings. The number of nitrogens with one attached hydrogen (secondary N) is 1. The number of halogens is 1. The standard InChI is InChI=1S/C13H16ClN3/c1-2-15-9-12-7-8-17(16-12)10-11-5-3-4-6-13(11)14/h3-8,15H,2,9-10H2,1H3. The summed E-state index contributed by atoms with van der Waals surface area (Å²) in [6.45, 7) is 4.57. The Morgan fingerprint density at radius 3 is 2.88 bits per heavy atom. The van der Waals surface area contributed by atoms with Crippen molar-refractivity contribution in [1.29, 1.82) is 0 Å². The van der Waals surface area contributed by atoms with Crippen molar-refractivity contribution in [3.63, 3.8) is 0 Å². The lowest BCUT2D eigenvalue weighted by molar-refractivity contribution is 0.644. The Kier molecular flexibility index (Phi) is 4.18. The van der Waals surface area contributed by atoms with Crippen LogP contribution in [0.25, 0.3) is 0 Å². The van der Waals surface area contributed by atoms with Crippen LogP contribution in [0.3, 0.4) is 0 Å². The van der Waals surface area contributed by atoms with Gasteiger partial charge in [0.15, 0.2) is 0 Å². The van der Waals surface area contributed by atoms with Crippen LogP contribution in [0.4, 0.5) is 0 Å². The summed E-state index contributed by atoms with van der Waals surface area (Å²) in [5.74, 6) is 0. The summed E-state index contributed by atoms with van der Waals surface area (Å²) in [4.78, 5) is 0. The van der Waals surface area contributed by atoms with Gasteiger partial charge in [0, 0.05) is 17.8 Å². The lowest BCUT2D eigenvalue weighted by Gasteiger charge is -2.04. The fraction of sp³-hybridized carbons (Fsp3) is 0.308. The van der Waals surface area contributed by atoms with Crippen LogP contribution in [-0.4, -0.2) is 16.3 Å². The first kappa shape index (κ1) is 12.1. The minimum Gasteiger partial charge on any atom is -0.311 e. The average molecular weight is 250 g/mol. The van der Waals surface area contributed by atoms with Crippen molar-refractivity contribution in [1.82, 2.24) is 15.1 Å². The Labute approximate surface area is 106 Å². The van der Waals surface area contributed by atoms with E-state index in [0.717, 1.165) is 29.4 Å². The van der Waals surface area contributed by atoms with Gasteiger partial charge in [-0.2, -0.15) is 5.10 Å². The zero-order valence-electron chi connectivity index (χ0n) is 9.86. The molecule has 0 fully saturated rings. The highest BCUT2D eigenvalue weighted by atomic mass is 35.5. The van der Waals surface area contributed by atoms with Gasteiger partial charge in [-0.1, -0.05) is 36.7 Å². The molecule has 0 saturated heterocycles. The number of aromatic nitrogens is 2.